The number of carbonyl (C=O) groups is 2. The van der Waals surface area contributed by atoms with Crippen LogP contribution in [-0.4, -0.2) is 27.4 Å². The minimum absolute atomic E-state index is 0.0329. The number of hydrogen-bond acceptors (Lipinski definition) is 4. The third-order valence-corrected chi connectivity index (χ3v) is 6.17. The Morgan fingerprint density at radius 2 is 1.42 bits per heavy atom. The third kappa shape index (κ3) is 4.05. The standard InChI is InChI=1S/C28H23N5O3/c1-18-25(28(36)33(32(18)2)21-12-4-3-5-13-21)30-26(34)27(35)31-29-17-24-22-14-8-6-10-19(22)16-20-11-7-9-15-23(20)24/h3-17H,1-2H3,(H,30,34)(H,31,35)/b29-17+. The number of para-hydroxylation sites is 1. The van der Waals surface area contributed by atoms with Crippen molar-refractivity contribution in [3.05, 3.63) is 107 Å². The number of nitrogens with one attached hydrogen (secondary N) is 2. The van der Waals surface area contributed by atoms with Crippen LogP contribution in [0.5, 0.6) is 0 Å². The number of rotatable bonds is 4. The number of hydrazone groups is 1. The Balaban J connectivity index is 1.38. The molecule has 0 aliphatic carbocycles. The predicted octanol–water partition coefficient (Wildman–Crippen LogP) is 3.88. The van der Waals surface area contributed by atoms with Crippen LogP contribution in [0.15, 0.2) is 94.8 Å². The molecule has 0 aliphatic heterocycles. The van der Waals surface area contributed by atoms with Crippen LogP contribution in [0.3, 0.4) is 0 Å². The molecule has 0 radical (unpaired) electrons. The summed E-state index contributed by atoms with van der Waals surface area (Å²) in [6.45, 7) is 1.69. The Bertz CT molecular complexity index is 1660. The van der Waals surface area contributed by atoms with Crippen molar-refractivity contribution in [2.75, 3.05) is 5.32 Å². The molecule has 2 N–H and O–H groups in total. The van der Waals surface area contributed by atoms with E-state index >= 15 is 0 Å². The Labute approximate surface area is 206 Å². The van der Waals surface area contributed by atoms with Gasteiger partial charge in [-0.05, 0) is 46.7 Å². The number of nitrogens with zero attached hydrogens (tertiary/aromatic N) is 3. The molecule has 5 aromatic rings. The van der Waals surface area contributed by atoms with Crippen molar-refractivity contribution < 1.29 is 9.59 Å². The summed E-state index contributed by atoms with van der Waals surface area (Å²) < 4.78 is 3.04. The van der Waals surface area contributed by atoms with E-state index < -0.39 is 17.4 Å². The number of aromatic nitrogens is 2. The molecule has 36 heavy (non-hydrogen) atoms. The van der Waals surface area contributed by atoms with Gasteiger partial charge in [0.1, 0.15) is 5.69 Å². The summed E-state index contributed by atoms with van der Waals surface area (Å²) in [6, 6.07) is 26.9. The number of anilines is 1. The third-order valence-electron chi connectivity index (χ3n) is 6.17. The quantitative estimate of drug-likeness (QED) is 0.178. The number of fused-ring (bicyclic) bond motifs is 2. The van der Waals surface area contributed by atoms with Gasteiger partial charge in [0, 0.05) is 12.6 Å². The van der Waals surface area contributed by atoms with Crippen LogP contribution in [0.1, 0.15) is 11.3 Å². The summed E-state index contributed by atoms with van der Waals surface area (Å²) in [5.41, 5.74) is 3.85. The van der Waals surface area contributed by atoms with Crippen molar-refractivity contribution >= 4 is 45.3 Å². The minimum Gasteiger partial charge on any atom is -0.311 e. The molecule has 0 fully saturated rings. The SMILES string of the molecule is Cc1c(NC(=O)C(=O)N/N=C/c2c3ccccc3cc3ccccc23)c(=O)n(-c2ccccc2)n1C. The molecule has 8 nitrogen and oxygen atoms in total. The molecule has 1 heterocycles. The van der Waals surface area contributed by atoms with Crippen LogP contribution < -0.4 is 16.3 Å². The molecule has 0 saturated heterocycles. The summed E-state index contributed by atoms with van der Waals surface area (Å²) in [5.74, 6) is -1.97. The highest BCUT2D eigenvalue weighted by Gasteiger charge is 2.21. The maximum absolute atomic E-state index is 13.0. The van der Waals surface area contributed by atoms with E-state index in [1.54, 1.807) is 30.8 Å². The lowest BCUT2D eigenvalue weighted by atomic mass is 9.97. The van der Waals surface area contributed by atoms with E-state index in [1.807, 2.05) is 66.7 Å². The molecule has 0 atom stereocenters. The monoisotopic (exact) mass is 477 g/mol. The van der Waals surface area contributed by atoms with E-state index in [2.05, 4.69) is 21.9 Å². The molecule has 4 aromatic carbocycles. The van der Waals surface area contributed by atoms with E-state index in [9.17, 15) is 14.4 Å². The highest BCUT2D eigenvalue weighted by molar-refractivity contribution is 6.39. The zero-order chi connectivity index (χ0) is 25.2. The zero-order valence-corrected chi connectivity index (χ0v) is 19.7. The first kappa shape index (κ1) is 22.8. The number of benzene rings is 4. The first-order chi connectivity index (χ1) is 17.5. The van der Waals surface area contributed by atoms with Crippen LogP contribution in [0.25, 0.3) is 27.2 Å². The average molecular weight is 478 g/mol. The van der Waals surface area contributed by atoms with Gasteiger partial charge in [-0.3, -0.25) is 19.1 Å². The van der Waals surface area contributed by atoms with Crippen molar-refractivity contribution in [1.82, 2.24) is 14.8 Å². The number of carbonyl (C=O) groups excluding carboxylic acids is 2. The van der Waals surface area contributed by atoms with Crippen molar-refractivity contribution in [1.29, 1.82) is 0 Å². The zero-order valence-electron chi connectivity index (χ0n) is 19.7. The molecule has 1 aromatic heterocycles. The van der Waals surface area contributed by atoms with E-state index in [1.165, 1.54) is 10.9 Å². The maximum atomic E-state index is 13.0. The Kier molecular flexibility index (Phi) is 5.92. The summed E-state index contributed by atoms with van der Waals surface area (Å²) >= 11 is 0. The van der Waals surface area contributed by atoms with Crippen molar-refractivity contribution in [2.24, 2.45) is 12.1 Å². The van der Waals surface area contributed by atoms with Crippen molar-refractivity contribution in [3.8, 4) is 5.69 Å². The maximum Gasteiger partial charge on any atom is 0.329 e. The summed E-state index contributed by atoms with van der Waals surface area (Å²) in [7, 11) is 1.71. The number of amides is 2. The molecule has 0 bridgehead atoms. The molecule has 178 valence electrons. The van der Waals surface area contributed by atoms with Gasteiger partial charge in [-0.25, -0.2) is 10.1 Å². The largest absolute Gasteiger partial charge is 0.329 e. The highest BCUT2D eigenvalue weighted by Crippen LogP contribution is 2.27. The molecule has 0 unspecified atom stereocenters. The molecule has 2 amide bonds. The molecule has 0 saturated carbocycles. The van der Waals surface area contributed by atoms with Gasteiger partial charge in [0.2, 0.25) is 0 Å². The van der Waals surface area contributed by atoms with Crippen molar-refractivity contribution in [3.63, 3.8) is 0 Å². The van der Waals surface area contributed by atoms with E-state index in [0.29, 0.717) is 11.4 Å². The lowest BCUT2D eigenvalue weighted by Gasteiger charge is -2.08. The lowest BCUT2D eigenvalue weighted by Crippen LogP contribution is -2.34. The second kappa shape index (κ2) is 9.34. The molecule has 0 aliphatic rings. The minimum atomic E-state index is -0.985. The van der Waals surface area contributed by atoms with Crippen LogP contribution in [0.4, 0.5) is 5.69 Å². The van der Waals surface area contributed by atoms with Gasteiger partial charge >= 0.3 is 11.8 Å². The van der Waals surface area contributed by atoms with Gasteiger partial charge < -0.3 is 5.32 Å². The second-order valence-corrected chi connectivity index (χ2v) is 8.32. The molecular formula is C28H23N5O3. The first-order valence-corrected chi connectivity index (χ1v) is 11.3. The van der Waals surface area contributed by atoms with Crippen LogP contribution in [-0.2, 0) is 16.6 Å². The van der Waals surface area contributed by atoms with Crippen LogP contribution >= 0.6 is 0 Å². The fourth-order valence-electron chi connectivity index (χ4n) is 4.28. The van der Waals surface area contributed by atoms with Gasteiger partial charge in [0.25, 0.3) is 5.56 Å². The number of hydrogen-bond donors (Lipinski definition) is 2. The normalized spacial score (nSPS) is 11.3. The van der Waals surface area contributed by atoms with Crippen LogP contribution in [0, 0.1) is 6.92 Å². The fourth-order valence-corrected chi connectivity index (χ4v) is 4.28. The molecule has 0 spiro atoms. The highest BCUT2D eigenvalue weighted by atomic mass is 16.2. The van der Waals surface area contributed by atoms with Gasteiger partial charge in [-0.15, -0.1) is 0 Å². The van der Waals surface area contributed by atoms with Crippen LogP contribution in [0.2, 0.25) is 0 Å². The van der Waals surface area contributed by atoms with E-state index in [0.717, 1.165) is 27.1 Å². The smallest absolute Gasteiger partial charge is 0.311 e. The van der Waals surface area contributed by atoms with Gasteiger partial charge in [-0.1, -0.05) is 66.7 Å². The van der Waals surface area contributed by atoms with Gasteiger partial charge in [0.15, 0.2) is 0 Å². The van der Waals surface area contributed by atoms with Crippen molar-refractivity contribution in [2.45, 2.75) is 6.92 Å². The summed E-state index contributed by atoms with van der Waals surface area (Å²) in [6.07, 6.45) is 1.53. The summed E-state index contributed by atoms with van der Waals surface area (Å²) in [4.78, 5) is 38.1. The average Bonchev–Trinajstić information content (AvgIpc) is 3.11. The second-order valence-electron chi connectivity index (χ2n) is 8.32. The summed E-state index contributed by atoms with van der Waals surface area (Å²) in [5, 5.41) is 10.5. The van der Waals surface area contributed by atoms with Gasteiger partial charge in [-0.2, -0.15) is 5.10 Å². The Hall–Kier alpha value is -4.98. The van der Waals surface area contributed by atoms with E-state index in [4.69, 9.17) is 0 Å². The molecule has 8 heteroatoms. The molecular weight excluding hydrogens is 454 g/mol. The predicted molar refractivity (Wildman–Crippen MR) is 142 cm³/mol. The first-order valence-electron chi connectivity index (χ1n) is 11.3. The van der Waals surface area contributed by atoms with Gasteiger partial charge in [0.05, 0.1) is 17.6 Å². The Morgan fingerprint density at radius 1 is 0.833 bits per heavy atom. The van der Waals surface area contributed by atoms with E-state index in [-0.39, 0.29) is 5.69 Å². The lowest BCUT2D eigenvalue weighted by molar-refractivity contribution is -0.136. The molecule has 5 rings (SSSR count). The Morgan fingerprint density at radius 3 is 2.06 bits per heavy atom. The fraction of sp³-hybridized carbons (Fsp3) is 0.0714. The topological polar surface area (TPSA) is 97.5 Å².